The number of rotatable bonds is 7. The average molecular weight is 372 g/mol. The van der Waals surface area contributed by atoms with Crippen molar-refractivity contribution in [2.45, 2.75) is 32.2 Å². The molecule has 5 nitrogen and oxygen atoms in total. The summed E-state index contributed by atoms with van der Waals surface area (Å²) in [7, 11) is 0. The average Bonchev–Trinajstić information content (AvgIpc) is 3.26. The second kappa shape index (κ2) is 8.45. The number of carbonyl (C=O) groups is 2. The Kier molecular flexibility index (Phi) is 6.04. The maximum Gasteiger partial charge on any atom is 0.251 e. The van der Waals surface area contributed by atoms with Crippen molar-refractivity contribution in [2.75, 3.05) is 12.3 Å². The summed E-state index contributed by atoms with van der Waals surface area (Å²) in [5.41, 5.74) is 1.66. The van der Waals surface area contributed by atoms with Crippen molar-refractivity contribution in [1.29, 1.82) is 0 Å². The monoisotopic (exact) mass is 372 g/mol. The highest BCUT2D eigenvalue weighted by molar-refractivity contribution is 8.00. The highest BCUT2D eigenvalue weighted by atomic mass is 32.2. The Morgan fingerprint density at radius 3 is 2.73 bits per heavy atom. The zero-order chi connectivity index (χ0) is 18.5. The third-order valence-corrected chi connectivity index (χ3v) is 5.60. The van der Waals surface area contributed by atoms with Crippen LogP contribution in [0.3, 0.4) is 0 Å². The lowest BCUT2D eigenvalue weighted by molar-refractivity contribution is -0.128. The van der Waals surface area contributed by atoms with Crippen molar-refractivity contribution < 1.29 is 14.0 Å². The first-order valence-electron chi connectivity index (χ1n) is 8.86. The number of hydrogen-bond donors (Lipinski definition) is 1. The van der Waals surface area contributed by atoms with Gasteiger partial charge in [-0.25, -0.2) is 0 Å². The number of hydrogen-bond acceptors (Lipinski definition) is 4. The number of nitrogens with zero attached hydrogens (tertiary/aromatic N) is 1. The smallest absolute Gasteiger partial charge is 0.251 e. The van der Waals surface area contributed by atoms with E-state index in [1.165, 1.54) is 0 Å². The molecule has 2 heterocycles. The fourth-order valence-corrected chi connectivity index (χ4v) is 4.04. The molecule has 1 aliphatic rings. The molecule has 26 heavy (non-hydrogen) atoms. The lowest BCUT2D eigenvalue weighted by atomic mass is 10.1. The zero-order valence-corrected chi connectivity index (χ0v) is 15.9. The van der Waals surface area contributed by atoms with Crippen LogP contribution in [0.2, 0.25) is 0 Å². The summed E-state index contributed by atoms with van der Waals surface area (Å²) >= 11 is 1.60. The first-order valence-corrected chi connectivity index (χ1v) is 9.91. The number of thioether (sulfide) groups is 1. The van der Waals surface area contributed by atoms with E-state index < -0.39 is 0 Å². The van der Waals surface area contributed by atoms with E-state index in [1.807, 2.05) is 41.3 Å². The summed E-state index contributed by atoms with van der Waals surface area (Å²) in [5, 5.41) is 2.89. The standard InChI is InChI=1S/C20H24N2O3S/c1-14(2)9-10-21-19(24)15-5-7-16(8-6-15)20-22(18(23)13-26-20)12-17-4-3-11-25-17/h3-8,11,14,20H,9-10,12-13H2,1-2H3,(H,21,24)/t20-/m1/s1. The van der Waals surface area contributed by atoms with Gasteiger partial charge in [-0.15, -0.1) is 11.8 Å². The minimum absolute atomic E-state index is 0.0503. The molecule has 1 aromatic heterocycles. The van der Waals surface area contributed by atoms with Crippen molar-refractivity contribution in [3.8, 4) is 0 Å². The molecule has 1 aromatic carbocycles. The van der Waals surface area contributed by atoms with Gasteiger partial charge in [-0.1, -0.05) is 26.0 Å². The Hall–Kier alpha value is -2.21. The van der Waals surface area contributed by atoms with E-state index in [0.29, 0.717) is 30.3 Å². The van der Waals surface area contributed by atoms with E-state index in [1.54, 1.807) is 18.0 Å². The van der Waals surface area contributed by atoms with Crippen LogP contribution in [-0.4, -0.2) is 29.0 Å². The Bertz CT molecular complexity index is 741. The third-order valence-electron chi connectivity index (χ3n) is 4.34. The summed E-state index contributed by atoms with van der Waals surface area (Å²) in [6.45, 7) is 5.41. The van der Waals surface area contributed by atoms with Crippen molar-refractivity contribution in [3.05, 3.63) is 59.5 Å². The second-order valence-electron chi connectivity index (χ2n) is 6.82. The van der Waals surface area contributed by atoms with Crippen LogP contribution in [0.4, 0.5) is 0 Å². The van der Waals surface area contributed by atoms with E-state index in [4.69, 9.17) is 4.42 Å². The van der Waals surface area contributed by atoms with Gasteiger partial charge in [-0.3, -0.25) is 9.59 Å². The molecule has 0 bridgehead atoms. The van der Waals surface area contributed by atoms with Gasteiger partial charge < -0.3 is 14.6 Å². The predicted molar refractivity (Wildman–Crippen MR) is 103 cm³/mol. The van der Waals surface area contributed by atoms with Crippen molar-refractivity contribution in [3.63, 3.8) is 0 Å². The quantitative estimate of drug-likeness (QED) is 0.802. The van der Waals surface area contributed by atoms with E-state index in [9.17, 15) is 9.59 Å². The minimum atomic E-state index is -0.0557. The van der Waals surface area contributed by atoms with Crippen LogP contribution in [0, 0.1) is 5.92 Å². The van der Waals surface area contributed by atoms with Gasteiger partial charge in [0.2, 0.25) is 5.91 Å². The molecule has 0 aliphatic carbocycles. The highest BCUT2D eigenvalue weighted by Crippen LogP contribution is 2.39. The molecule has 0 saturated carbocycles. The molecule has 0 spiro atoms. The van der Waals surface area contributed by atoms with E-state index in [-0.39, 0.29) is 17.2 Å². The maximum absolute atomic E-state index is 12.2. The van der Waals surface area contributed by atoms with Crippen LogP contribution in [0.25, 0.3) is 0 Å². The van der Waals surface area contributed by atoms with Crippen molar-refractivity contribution in [1.82, 2.24) is 10.2 Å². The molecule has 1 fully saturated rings. The topological polar surface area (TPSA) is 62.6 Å². The van der Waals surface area contributed by atoms with Crippen molar-refractivity contribution in [2.24, 2.45) is 5.92 Å². The van der Waals surface area contributed by atoms with Gasteiger partial charge in [0.25, 0.3) is 5.91 Å². The fourth-order valence-electron chi connectivity index (χ4n) is 2.85. The van der Waals surface area contributed by atoms with Crippen LogP contribution in [-0.2, 0) is 11.3 Å². The Morgan fingerprint density at radius 1 is 1.31 bits per heavy atom. The number of furan rings is 1. The molecule has 6 heteroatoms. The van der Waals surface area contributed by atoms with Gasteiger partial charge in [-0.2, -0.15) is 0 Å². The maximum atomic E-state index is 12.2. The van der Waals surface area contributed by atoms with Crippen LogP contribution in [0.15, 0.2) is 47.1 Å². The molecule has 0 unspecified atom stereocenters. The molecule has 138 valence electrons. The summed E-state index contributed by atoms with van der Waals surface area (Å²) in [6.07, 6.45) is 2.58. The summed E-state index contributed by atoms with van der Waals surface area (Å²) < 4.78 is 5.38. The highest BCUT2D eigenvalue weighted by Gasteiger charge is 2.33. The second-order valence-corrected chi connectivity index (χ2v) is 7.89. The molecule has 1 aliphatic heterocycles. The molecule has 2 aromatic rings. The summed E-state index contributed by atoms with van der Waals surface area (Å²) in [4.78, 5) is 26.2. The van der Waals surface area contributed by atoms with Crippen molar-refractivity contribution >= 4 is 23.6 Å². The van der Waals surface area contributed by atoms with E-state index >= 15 is 0 Å². The van der Waals surface area contributed by atoms with Crippen LogP contribution in [0.5, 0.6) is 0 Å². The van der Waals surface area contributed by atoms with Gasteiger partial charge in [-0.05, 0) is 42.2 Å². The van der Waals surface area contributed by atoms with Crippen LogP contribution >= 0.6 is 11.8 Å². The Morgan fingerprint density at radius 2 is 2.08 bits per heavy atom. The normalized spacial score (nSPS) is 17.1. The van der Waals surface area contributed by atoms with Gasteiger partial charge in [0.05, 0.1) is 18.6 Å². The van der Waals surface area contributed by atoms with Crippen LogP contribution < -0.4 is 5.32 Å². The summed E-state index contributed by atoms with van der Waals surface area (Å²) in [6, 6.07) is 11.2. The van der Waals surface area contributed by atoms with Gasteiger partial charge in [0.15, 0.2) is 0 Å². The fraction of sp³-hybridized carbons (Fsp3) is 0.400. The number of carbonyl (C=O) groups excluding carboxylic acids is 2. The van der Waals surface area contributed by atoms with Crippen LogP contribution in [0.1, 0.15) is 47.3 Å². The zero-order valence-electron chi connectivity index (χ0n) is 15.1. The molecule has 0 radical (unpaired) electrons. The third kappa shape index (κ3) is 4.49. The lowest BCUT2D eigenvalue weighted by Gasteiger charge is -2.23. The number of nitrogens with one attached hydrogen (secondary N) is 1. The predicted octanol–water partition coefficient (Wildman–Crippen LogP) is 3.83. The molecule has 1 saturated heterocycles. The Labute approximate surface area is 158 Å². The molecule has 1 atom stereocenters. The molecule has 3 rings (SSSR count). The molecule has 2 amide bonds. The van der Waals surface area contributed by atoms with Gasteiger partial charge in [0, 0.05) is 12.1 Å². The first-order chi connectivity index (χ1) is 12.5. The molecular weight excluding hydrogens is 348 g/mol. The van der Waals surface area contributed by atoms with E-state index in [2.05, 4.69) is 19.2 Å². The number of benzene rings is 1. The largest absolute Gasteiger partial charge is 0.467 e. The number of amides is 2. The van der Waals surface area contributed by atoms with Gasteiger partial charge in [0.1, 0.15) is 11.1 Å². The lowest BCUT2D eigenvalue weighted by Crippen LogP contribution is -2.27. The molecule has 1 N–H and O–H groups in total. The SMILES string of the molecule is CC(C)CCNC(=O)c1ccc([C@H]2SCC(=O)N2Cc2ccco2)cc1. The van der Waals surface area contributed by atoms with Gasteiger partial charge >= 0.3 is 0 Å². The first kappa shape index (κ1) is 18.6. The minimum Gasteiger partial charge on any atom is -0.467 e. The summed E-state index contributed by atoms with van der Waals surface area (Å²) in [5.74, 6) is 1.84. The van der Waals surface area contributed by atoms with E-state index in [0.717, 1.165) is 17.7 Å². The Balaban J connectivity index is 1.65. The molecular formula is C20H24N2O3S.